The van der Waals surface area contributed by atoms with Crippen molar-refractivity contribution >= 4 is 27.8 Å². The topological polar surface area (TPSA) is 119 Å². The third-order valence-electron chi connectivity index (χ3n) is 2.90. The van der Waals surface area contributed by atoms with Gasteiger partial charge in [-0.1, -0.05) is 12.1 Å². The third-order valence-corrected chi connectivity index (χ3v) is 3.98. The van der Waals surface area contributed by atoms with Gasteiger partial charge in [-0.2, -0.15) is 8.42 Å². The van der Waals surface area contributed by atoms with Crippen LogP contribution in [-0.4, -0.2) is 33.4 Å². The molecule has 0 aromatic heterocycles. The first-order valence-electron chi connectivity index (χ1n) is 6.40. The predicted octanol–water partition coefficient (Wildman–Crippen LogP) is -0.106. The zero-order chi connectivity index (χ0) is 16.9. The van der Waals surface area contributed by atoms with Crippen molar-refractivity contribution in [2.45, 2.75) is 26.4 Å². The molecule has 0 aliphatic rings. The van der Waals surface area contributed by atoms with Crippen LogP contribution >= 0.6 is 0 Å². The number of methoxy groups -OCH3 is 1. The Balaban J connectivity index is 3.06. The lowest BCUT2D eigenvalue weighted by Gasteiger charge is -2.26. The van der Waals surface area contributed by atoms with Gasteiger partial charge in [-0.25, -0.2) is 14.2 Å². The minimum atomic E-state index is -4.15. The number of amides is 1. The van der Waals surface area contributed by atoms with Crippen LogP contribution in [0.25, 0.3) is 0 Å². The van der Waals surface area contributed by atoms with Gasteiger partial charge < -0.3 is 10.1 Å². The van der Waals surface area contributed by atoms with Crippen LogP contribution in [0.15, 0.2) is 24.3 Å². The van der Waals surface area contributed by atoms with E-state index in [4.69, 9.17) is 5.14 Å². The second-order valence-corrected chi connectivity index (χ2v) is 6.04. The molecule has 0 spiro atoms. The molecule has 122 valence electrons. The van der Waals surface area contributed by atoms with Crippen LogP contribution in [0.1, 0.15) is 19.4 Å². The number of nitrogens with two attached hydrogens (primary N) is 1. The number of hydrogen-bond acceptors (Lipinski definition) is 5. The van der Waals surface area contributed by atoms with Crippen LogP contribution in [0, 0.1) is 0 Å². The summed E-state index contributed by atoms with van der Waals surface area (Å²) in [7, 11) is -2.98. The quantitative estimate of drug-likeness (QED) is 0.706. The summed E-state index contributed by atoms with van der Waals surface area (Å²) in [6.45, 7) is 3.09. The minimum Gasteiger partial charge on any atom is -0.467 e. The maximum atomic E-state index is 11.7. The number of esters is 1. The summed E-state index contributed by atoms with van der Waals surface area (Å²) in [6, 6.07) is 5.17. The smallest absolute Gasteiger partial charge is 0.329 e. The van der Waals surface area contributed by atoms with Gasteiger partial charge in [0.1, 0.15) is 6.04 Å². The highest BCUT2D eigenvalue weighted by atomic mass is 32.2. The van der Waals surface area contributed by atoms with Gasteiger partial charge >= 0.3 is 5.97 Å². The predicted molar refractivity (Wildman–Crippen MR) is 81.0 cm³/mol. The van der Waals surface area contributed by atoms with Crippen molar-refractivity contribution in [2.24, 2.45) is 5.14 Å². The van der Waals surface area contributed by atoms with Gasteiger partial charge in [-0.15, -0.1) is 0 Å². The number of carbonyl (C=O) groups excluding carboxylic acids is 2. The number of ether oxygens (including phenoxy) is 1. The molecule has 1 aromatic carbocycles. The van der Waals surface area contributed by atoms with Gasteiger partial charge in [-0.05, 0) is 24.6 Å². The Hall–Kier alpha value is -2.13. The number of rotatable bonds is 6. The van der Waals surface area contributed by atoms with Crippen molar-refractivity contribution < 1.29 is 22.7 Å². The maximum Gasteiger partial charge on any atom is 0.329 e. The average Bonchev–Trinajstić information content (AvgIpc) is 2.44. The summed E-state index contributed by atoms with van der Waals surface area (Å²) < 4.78 is 28.8. The zero-order valence-electron chi connectivity index (χ0n) is 12.6. The molecule has 0 saturated heterocycles. The normalized spacial score (nSPS) is 12.4. The molecule has 0 bridgehead atoms. The van der Waals surface area contributed by atoms with E-state index >= 15 is 0 Å². The molecule has 22 heavy (non-hydrogen) atoms. The Kier molecular flexibility index (Phi) is 5.89. The van der Waals surface area contributed by atoms with Gasteiger partial charge in [0.25, 0.3) is 10.2 Å². The lowest BCUT2D eigenvalue weighted by atomic mass is 10.2. The first-order valence-corrected chi connectivity index (χ1v) is 7.90. The van der Waals surface area contributed by atoms with E-state index in [1.54, 1.807) is 12.1 Å². The van der Waals surface area contributed by atoms with Crippen LogP contribution < -0.4 is 14.8 Å². The molecule has 1 amide bonds. The molecule has 0 unspecified atom stereocenters. The lowest BCUT2D eigenvalue weighted by molar-refractivity contribution is -0.141. The number of hydrogen-bond donors (Lipinski definition) is 2. The fourth-order valence-corrected chi connectivity index (χ4v) is 2.79. The van der Waals surface area contributed by atoms with Crippen LogP contribution in [-0.2, 0) is 31.1 Å². The van der Waals surface area contributed by atoms with Crippen LogP contribution in [0.3, 0.4) is 0 Å². The highest BCUT2D eigenvalue weighted by molar-refractivity contribution is 7.90. The summed E-state index contributed by atoms with van der Waals surface area (Å²) in [5.41, 5.74) is 1.01. The summed E-state index contributed by atoms with van der Waals surface area (Å²) in [5.74, 6) is -0.897. The van der Waals surface area contributed by atoms with E-state index in [1.165, 1.54) is 26.0 Å². The Morgan fingerprint density at radius 2 is 1.86 bits per heavy atom. The van der Waals surface area contributed by atoms with Crippen LogP contribution in [0.5, 0.6) is 0 Å². The van der Waals surface area contributed by atoms with E-state index in [0.717, 1.165) is 17.0 Å². The van der Waals surface area contributed by atoms with Gasteiger partial charge in [0, 0.05) is 13.5 Å². The second kappa shape index (κ2) is 7.23. The van der Waals surface area contributed by atoms with Crippen molar-refractivity contribution in [3.63, 3.8) is 0 Å². The summed E-state index contributed by atoms with van der Waals surface area (Å²) in [6.07, 6.45) is 0. The first-order chi connectivity index (χ1) is 10.2. The zero-order valence-corrected chi connectivity index (χ0v) is 13.4. The third kappa shape index (κ3) is 4.71. The van der Waals surface area contributed by atoms with Crippen molar-refractivity contribution in [2.75, 3.05) is 11.4 Å². The molecular formula is C13H19N3O5S. The van der Waals surface area contributed by atoms with E-state index in [-0.39, 0.29) is 11.6 Å². The van der Waals surface area contributed by atoms with Crippen LogP contribution in [0.4, 0.5) is 5.69 Å². The molecule has 9 heteroatoms. The lowest BCUT2D eigenvalue weighted by Crippen LogP contribution is -2.47. The highest BCUT2D eigenvalue weighted by Gasteiger charge is 2.30. The Bertz CT molecular complexity index is 642. The maximum absolute atomic E-state index is 11.7. The van der Waals surface area contributed by atoms with E-state index in [2.05, 4.69) is 10.1 Å². The fourth-order valence-electron chi connectivity index (χ4n) is 1.84. The molecule has 1 aromatic rings. The molecule has 0 heterocycles. The number of nitrogens with one attached hydrogen (secondary N) is 1. The summed E-state index contributed by atoms with van der Waals surface area (Å²) in [5, 5.41) is 7.80. The molecular weight excluding hydrogens is 310 g/mol. The Labute approximate surface area is 129 Å². The molecule has 0 aliphatic heterocycles. The first kappa shape index (κ1) is 17.9. The molecule has 0 radical (unpaired) electrons. The second-order valence-electron chi connectivity index (χ2n) is 4.62. The molecule has 0 aliphatic carbocycles. The molecule has 1 atom stereocenters. The number of benzene rings is 1. The average molecular weight is 329 g/mol. The largest absolute Gasteiger partial charge is 0.467 e. The van der Waals surface area contributed by atoms with Crippen molar-refractivity contribution in [3.8, 4) is 0 Å². The fraction of sp³-hybridized carbons (Fsp3) is 0.385. The van der Waals surface area contributed by atoms with E-state index < -0.39 is 22.2 Å². The number of nitrogens with zero attached hydrogens (tertiary/aromatic N) is 1. The minimum absolute atomic E-state index is 0.172. The molecule has 3 N–H and O–H groups in total. The van der Waals surface area contributed by atoms with Gasteiger partial charge in [0.2, 0.25) is 5.91 Å². The van der Waals surface area contributed by atoms with Crippen molar-refractivity contribution in [3.05, 3.63) is 29.8 Å². The molecule has 1 rings (SSSR count). The van der Waals surface area contributed by atoms with Crippen LogP contribution in [0.2, 0.25) is 0 Å². The number of anilines is 1. The Morgan fingerprint density at radius 3 is 2.27 bits per heavy atom. The highest BCUT2D eigenvalue weighted by Crippen LogP contribution is 2.21. The van der Waals surface area contributed by atoms with E-state index in [1.807, 2.05) is 0 Å². The SMILES string of the molecule is COC(=O)[C@H](C)N(c1ccc(CNC(C)=O)cc1)S(N)(=O)=O. The van der Waals surface area contributed by atoms with Gasteiger partial charge in [0.15, 0.2) is 0 Å². The van der Waals surface area contributed by atoms with Crippen molar-refractivity contribution in [1.82, 2.24) is 5.32 Å². The monoisotopic (exact) mass is 329 g/mol. The molecule has 0 fully saturated rings. The van der Waals surface area contributed by atoms with Crippen molar-refractivity contribution in [1.29, 1.82) is 0 Å². The molecule has 8 nitrogen and oxygen atoms in total. The van der Waals surface area contributed by atoms with Gasteiger partial charge in [-0.3, -0.25) is 4.79 Å². The summed E-state index contributed by atoms with van der Waals surface area (Å²) >= 11 is 0. The van der Waals surface area contributed by atoms with E-state index in [9.17, 15) is 18.0 Å². The van der Waals surface area contributed by atoms with Gasteiger partial charge in [0.05, 0.1) is 12.8 Å². The summed E-state index contributed by atoms with van der Waals surface area (Å²) in [4.78, 5) is 22.4. The Morgan fingerprint density at radius 1 is 1.32 bits per heavy atom. The molecule has 0 saturated carbocycles. The number of carbonyl (C=O) groups is 2. The standard InChI is InChI=1S/C13H19N3O5S/c1-9(13(18)21-3)16(22(14,19)20)12-6-4-11(5-7-12)8-15-10(2)17/h4-7,9H,8H2,1-3H3,(H,15,17)(H2,14,19,20)/t9-/m0/s1. The van der Waals surface area contributed by atoms with E-state index in [0.29, 0.717) is 6.54 Å².